The number of anilines is 1. The minimum absolute atomic E-state index is 0.00246. The summed E-state index contributed by atoms with van der Waals surface area (Å²) in [5.41, 5.74) is -1.87. The van der Waals surface area contributed by atoms with Crippen LogP contribution in [0.25, 0.3) is 0 Å². The van der Waals surface area contributed by atoms with Crippen LogP contribution in [-0.4, -0.2) is 69.9 Å². The van der Waals surface area contributed by atoms with Crippen molar-refractivity contribution in [2.45, 2.75) is 55.3 Å². The van der Waals surface area contributed by atoms with Crippen LogP contribution in [0.4, 0.5) is 18.9 Å². The van der Waals surface area contributed by atoms with Gasteiger partial charge in [0.25, 0.3) is 15.9 Å². The number of sulfonamides is 1. The van der Waals surface area contributed by atoms with Crippen LogP contribution in [-0.2, 0) is 19.6 Å². The number of rotatable bonds is 11. The molecule has 0 aliphatic carbocycles. The number of likely N-dealkylation sites (tertiary alicyclic amines) is 1. The van der Waals surface area contributed by atoms with Crippen LogP contribution in [0.3, 0.4) is 0 Å². The van der Waals surface area contributed by atoms with Crippen LogP contribution in [0.15, 0.2) is 41.3 Å². The molecule has 0 saturated carbocycles. The van der Waals surface area contributed by atoms with E-state index in [1.807, 2.05) is 9.62 Å². The van der Waals surface area contributed by atoms with E-state index in [1.54, 1.807) is 6.07 Å². The maximum Gasteiger partial charge on any atom is 0.265 e. The molecule has 4 rings (SSSR count). The smallest absolute Gasteiger partial charge is 0.265 e. The SMILES string of the molecule is C[C@]1(C(=O)NS(=O)(=O)c2cc(F)c(N[C@H](CCN3CC(F)C3)COc3ccc(F)cc3)c(C#N)c2)CCCCO1. The van der Waals surface area contributed by atoms with Gasteiger partial charge in [-0.15, -0.1) is 0 Å². The molecule has 2 saturated heterocycles. The molecule has 9 nitrogen and oxygen atoms in total. The first kappa shape index (κ1) is 29.6. The number of carbonyl (C=O) groups is 1. The third kappa shape index (κ3) is 7.24. The number of nitrogens with one attached hydrogen (secondary N) is 2. The third-order valence-corrected chi connectivity index (χ3v) is 8.30. The minimum Gasteiger partial charge on any atom is -0.491 e. The Hall–Kier alpha value is -3.34. The predicted molar refractivity (Wildman–Crippen MR) is 140 cm³/mol. The summed E-state index contributed by atoms with van der Waals surface area (Å²) in [5, 5.41) is 12.6. The molecule has 2 aromatic rings. The van der Waals surface area contributed by atoms with E-state index in [0.717, 1.165) is 18.6 Å². The summed E-state index contributed by atoms with van der Waals surface area (Å²) in [6.45, 7) is 2.84. The molecule has 2 N–H and O–H groups in total. The monoisotopic (exact) mass is 580 g/mol. The molecule has 13 heteroatoms. The highest BCUT2D eigenvalue weighted by Gasteiger charge is 2.38. The number of benzene rings is 2. The molecule has 2 fully saturated rings. The molecule has 0 unspecified atom stereocenters. The summed E-state index contributed by atoms with van der Waals surface area (Å²) < 4.78 is 80.9. The van der Waals surface area contributed by atoms with Gasteiger partial charge in [-0.05, 0) is 69.0 Å². The summed E-state index contributed by atoms with van der Waals surface area (Å²) in [7, 11) is -4.52. The van der Waals surface area contributed by atoms with Gasteiger partial charge in [-0.3, -0.25) is 9.69 Å². The average Bonchev–Trinajstić information content (AvgIpc) is 2.90. The van der Waals surface area contributed by atoms with Gasteiger partial charge in [0.15, 0.2) is 0 Å². The maximum atomic E-state index is 15.3. The molecule has 2 atom stereocenters. The highest BCUT2D eigenvalue weighted by atomic mass is 32.2. The van der Waals surface area contributed by atoms with Gasteiger partial charge in [0.1, 0.15) is 41.8 Å². The van der Waals surface area contributed by atoms with Gasteiger partial charge in [0.05, 0.1) is 22.2 Å². The summed E-state index contributed by atoms with van der Waals surface area (Å²) >= 11 is 0. The fourth-order valence-corrected chi connectivity index (χ4v) is 5.64. The quantitative estimate of drug-likeness (QED) is 0.415. The molecule has 40 heavy (non-hydrogen) atoms. The number of halogens is 3. The zero-order chi connectivity index (χ0) is 28.9. The van der Waals surface area contributed by atoms with Gasteiger partial charge in [0, 0.05) is 26.2 Å². The summed E-state index contributed by atoms with van der Waals surface area (Å²) in [6, 6.07) is 8.26. The average molecular weight is 581 g/mol. The minimum atomic E-state index is -4.52. The molecular formula is C27H31F3N4O5S. The van der Waals surface area contributed by atoms with E-state index in [1.165, 1.54) is 31.2 Å². The van der Waals surface area contributed by atoms with E-state index in [2.05, 4.69) is 5.32 Å². The van der Waals surface area contributed by atoms with Crippen LogP contribution in [0, 0.1) is 23.0 Å². The van der Waals surface area contributed by atoms with Crippen LogP contribution in [0.1, 0.15) is 38.2 Å². The van der Waals surface area contributed by atoms with Gasteiger partial charge >= 0.3 is 0 Å². The van der Waals surface area contributed by atoms with Crippen molar-refractivity contribution in [2.24, 2.45) is 0 Å². The lowest BCUT2D eigenvalue weighted by Gasteiger charge is -2.35. The molecule has 0 bridgehead atoms. The van der Waals surface area contributed by atoms with E-state index in [4.69, 9.17) is 9.47 Å². The maximum absolute atomic E-state index is 15.3. The molecule has 2 heterocycles. The largest absolute Gasteiger partial charge is 0.491 e. The molecule has 2 aliphatic heterocycles. The van der Waals surface area contributed by atoms with Crippen molar-refractivity contribution in [1.82, 2.24) is 9.62 Å². The number of nitrogens with zero attached hydrogens (tertiary/aromatic N) is 2. The second-order valence-electron chi connectivity index (χ2n) is 10.2. The van der Waals surface area contributed by atoms with Crippen LogP contribution >= 0.6 is 0 Å². The van der Waals surface area contributed by atoms with Crippen molar-refractivity contribution < 1.29 is 35.9 Å². The van der Waals surface area contributed by atoms with Gasteiger partial charge in [-0.25, -0.2) is 26.3 Å². The first-order valence-electron chi connectivity index (χ1n) is 13.0. The fourth-order valence-electron chi connectivity index (χ4n) is 4.53. The number of ether oxygens (including phenoxy) is 2. The first-order chi connectivity index (χ1) is 19.0. The first-order valence-corrected chi connectivity index (χ1v) is 14.4. The lowest BCUT2D eigenvalue weighted by Crippen LogP contribution is -2.50. The van der Waals surface area contributed by atoms with Crippen LogP contribution in [0.5, 0.6) is 5.75 Å². The topological polar surface area (TPSA) is 121 Å². The van der Waals surface area contributed by atoms with Crippen LogP contribution < -0.4 is 14.8 Å². The number of carbonyl (C=O) groups excluding carboxylic acids is 1. The summed E-state index contributed by atoms with van der Waals surface area (Å²) in [6.07, 6.45) is 1.26. The Morgan fingerprint density at radius 1 is 1.25 bits per heavy atom. The van der Waals surface area contributed by atoms with Crippen molar-refractivity contribution in [1.29, 1.82) is 5.26 Å². The Morgan fingerprint density at radius 2 is 1.98 bits per heavy atom. The Kier molecular flexibility index (Phi) is 9.22. The van der Waals surface area contributed by atoms with Crippen molar-refractivity contribution in [3.63, 3.8) is 0 Å². The van der Waals surface area contributed by atoms with Gasteiger partial charge < -0.3 is 14.8 Å². The molecule has 2 aliphatic rings. The Bertz CT molecular complexity index is 1360. The highest BCUT2D eigenvalue weighted by molar-refractivity contribution is 7.90. The molecule has 216 valence electrons. The normalized spacial score (nSPS) is 20.7. The molecule has 0 aromatic heterocycles. The number of hydrogen-bond acceptors (Lipinski definition) is 8. The lowest BCUT2D eigenvalue weighted by molar-refractivity contribution is -0.148. The number of hydrogen-bond donors (Lipinski definition) is 2. The van der Waals surface area contributed by atoms with E-state index >= 15 is 4.39 Å². The summed E-state index contributed by atoms with van der Waals surface area (Å²) in [4.78, 5) is 14.0. The van der Waals surface area contributed by atoms with Crippen molar-refractivity contribution >= 4 is 21.6 Å². The second kappa shape index (κ2) is 12.4. The van der Waals surface area contributed by atoms with Crippen LogP contribution in [0.2, 0.25) is 0 Å². The number of nitriles is 1. The van der Waals surface area contributed by atoms with E-state index in [9.17, 15) is 27.3 Å². The predicted octanol–water partition coefficient (Wildman–Crippen LogP) is 3.50. The number of alkyl halides is 1. The van der Waals surface area contributed by atoms with Crippen molar-refractivity contribution in [3.8, 4) is 11.8 Å². The Morgan fingerprint density at radius 3 is 2.60 bits per heavy atom. The fraction of sp³-hybridized carbons (Fsp3) is 0.481. The van der Waals surface area contributed by atoms with E-state index in [-0.39, 0.29) is 30.9 Å². The highest BCUT2D eigenvalue weighted by Crippen LogP contribution is 2.28. The third-order valence-electron chi connectivity index (χ3n) is 6.99. The molecule has 0 spiro atoms. The van der Waals surface area contributed by atoms with Gasteiger partial charge in [-0.2, -0.15) is 5.26 Å². The molecule has 0 radical (unpaired) electrons. The zero-order valence-electron chi connectivity index (χ0n) is 22.0. The zero-order valence-corrected chi connectivity index (χ0v) is 22.8. The standard InChI is InChI=1S/C27H31F3N4O5S/c1-27(9-2-3-11-39-27)26(35)33-40(36,37)23-12-18(14-31)25(24(30)13-23)32-21(8-10-34-15-20(29)16-34)17-38-22-6-4-19(28)5-7-22/h4-7,12-13,20-21,32H,2-3,8-11,15-17H2,1H3,(H,33,35)/t21-,27-/m1/s1. The molecule has 1 amide bonds. The Balaban J connectivity index is 1.51. The number of amides is 1. The molecule has 2 aromatic carbocycles. The van der Waals surface area contributed by atoms with Gasteiger partial charge in [0.2, 0.25) is 0 Å². The second-order valence-corrected chi connectivity index (χ2v) is 11.8. The lowest BCUT2D eigenvalue weighted by atomic mass is 9.95. The van der Waals surface area contributed by atoms with E-state index < -0.39 is 50.3 Å². The summed E-state index contributed by atoms with van der Waals surface area (Å²) in [5.74, 6) is -1.96. The Labute approximate surface area is 231 Å². The molecular weight excluding hydrogens is 549 g/mol. The van der Waals surface area contributed by atoms with Gasteiger partial charge in [-0.1, -0.05) is 0 Å². The van der Waals surface area contributed by atoms with E-state index in [0.29, 0.717) is 38.2 Å². The van der Waals surface area contributed by atoms with Crippen molar-refractivity contribution in [3.05, 3.63) is 53.6 Å². The van der Waals surface area contributed by atoms with Crippen molar-refractivity contribution in [2.75, 3.05) is 38.2 Å².